The molecule has 0 atom stereocenters. The summed E-state index contributed by atoms with van der Waals surface area (Å²) in [6.45, 7) is 1.11. The van der Waals surface area contributed by atoms with E-state index in [4.69, 9.17) is 5.73 Å². The van der Waals surface area contributed by atoms with E-state index < -0.39 is 0 Å². The van der Waals surface area contributed by atoms with Crippen molar-refractivity contribution >= 4 is 5.69 Å². The molecule has 1 aromatic rings. The lowest BCUT2D eigenvalue weighted by molar-refractivity contribution is 0.324. The van der Waals surface area contributed by atoms with Crippen molar-refractivity contribution in [3.8, 4) is 0 Å². The van der Waals surface area contributed by atoms with Crippen LogP contribution in [0.15, 0.2) is 18.2 Å². The van der Waals surface area contributed by atoms with E-state index in [2.05, 4.69) is 17.4 Å². The maximum Gasteiger partial charge on any atom is 0.0437 e. The molecule has 0 aromatic heterocycles. The van der Waals surface area contributed by atoms with Crippen LogP contribution in [0, 0.1) is 0 Å². The highest BCUT2D eigenvalue weighted by atomic mass is 15.0. The normalized spacial score (nSPS) is 22.9. The van der Waals surface area contributed by atoms with E-state index in [0.29, 0.717) is 5.54 Å². The first-order chi connectivity index (χ1) is 7.30. The van der Waals surface area contributed by atoms with Gasteiger partial charge in [0.2, 0.25) is 0 Å². The minimum absolute atomic E-state index is 0.293. The Morgan fingerprint density at radius 3 is 2.80 bits per heavy atom. The second kappa shape index (κ2) is 3.24. The summed E-state index contributed by atoms with van der Waals surface area (Å²) in [5.41, 5.74) is 10.0. The third kappa shape index (κ3) is 1.36. The van der Waals surface area contributed by atoms with E-state index in [-0.39, 0.29) is 0 Å². The number of fused-ring (bicyclic) bond motifs is 2. The molecule has 1 saturated carbocycles. The van der Waals surface area contributed by atoms with E-state index in [1.807, 2.05) is 6.07 Å². The van der Waals surface area contributed by atoms with E-state index in [0.717, 1.165) is 18.7 Å². The number of hydrogen-bond acceptors (Lipinski definition) is 2. The van der Waals surface area contributed by atoms with Gasteiger partial charge in [0, 0.05) is 17.8 Å². The minimum atomic E-state index is 0.293. The predicted molar refractivity (Wildman–Crippen MR) is 62.7 cm³/mol. The highest BCUT2D eigenvalue weighted by Crippen LogP contribution is 2.42. The Morgan fingerprint density at radius 2 is 2.00 bits per heavy atom. The van der Waals surface area contributed by atoms with E-state index in [1.165, 1.54) is 36.8 Å². The van der Waals surface area contributed by atoms with Crippen LogP contribution in [0.2, 0.25) is 0 Å². The van der Waals surface area contributed by atoms with Gasteiger partial charge in [-0.15, -0.1) is 0 Å². The fraction of sp³-hybridized carbons (Fsp3) is 0.538. The van der Waals surface area contributed by atoms with Crippen molar-refractivity contribution in [3.63, 3.8) is 0 Å². The van der Waals surface area contributed by atoms with Gasteiger partial charge in [-0.05, 0) is 42.5 Å². The Balaban J connectivity index is 2.10. The van der Waals surface area contributed by atoms with Crippen molar-refractivity contribution in [3.05, 3.63) is 29.3 Å². The third-order valence-corrected chi connectivity index (χ3v) is 3.96. The lowest BCUT2D eigenvalue weighted by Crippen LogP contribution is -2.45. The molecular formula is C13H18N2. The van der Waals surface area contributed by atoms with Crippen molar-refractivity contribution in [1.29, 1.82) is 0 Å². The van der Waals surface area contributed by atoms with E-state index in [9.17, 15) is 0 Å². The SMILES string of the molecule is Nc1ccc2c(c1)CCNC21CCCC1. The van der Waals surface area contributed by atoms with Gasteiger partial charge in [0.15, 0.2) is 0 Å². The van der Waals surface area contributed by atoms with Gasteiger partial charge in [0.1, 0.15) is 0 Å². The maximum atomic E-state index is 5.85. The lowest BCUT2D eigenvalue weighted by Gasteiger charge is -2.37. The molecule has 80 valence electrons. The van der Waals surface area contributed by atoms with Crippen LogP contribution in [-0.2, 0) is 12.0 Å². The highest BCUT2D eigenvalue weighted by molar-refractivity contribution is 5.48. The summed E-state index contributed by atoms with van der Waals surface area (Å²) in [5.74, 6) is 0. The molecule has 15 heavy (non-hydrogen) atoms. The first-order valence-electron chi connectivity index (χ1n) is 5.94. The van der Waals surface area contributed by atoms with Crippen molar-refractivity contribution in [2.45, 2.75) is 37.6 Å². The Labute approximate surface area is 90.9 Å². The summed E-state index contributed by atoms with van der Waals surface area (Å²) < 4.78 is 0. The number of rotatable bonds is 0. The van der Waals surface area contributed by atoms with Crippen LogP contribution in [-0.4, -0.2) is 6.54 Å². The molecule has 2 nitrogen and oxygen atoms in total. The van der Waals surface area contributed by atoms with Gasteiger partial charge in [0.05, 0.1) is 0 Å². The number of anilines is 1. The fourth-order valence-corrected chi connectivity index (χ4v) is 3.24. The van der Waals surface area contributed by atoms with Crippen LogP contribution < -0.4 is 11.1 Å². The molecule has 0 amide bonds. The summed E-state index contributed by atoms with van der Waals surface area (Å²) in [4.78, 5) is 0. The summed E-state index contributed by atoms with van der Waals surface area (Å²) >= 11 is 0. The molecule has 2 aliphatic rings. The molecule has 0 bridgehead atoms. The van der Waals surface area contributed by atoms with Crippen LogP contribution >= 0.6 is 0 Å². The highest BCUT2D eigenvalue weighted by Gasteiger charge is 2.38. The quantitative estimate of drug-likeness (QED) is 0.633. The van der Waals surface area contributed by atoms with Crippen LogP contribution in [0.3, 0.4) is 0 Å². The number of benzene rings is 1. The van der Waals surface area contributed by atoms with Gasteiger partial charge >= 0.3 is 0 Å². The Morgan fingerprint density at radius 1 is 1.20 bits per heavy atom. The topological polar surface area (TPSA) is 38.0 Å². The predicted octanol–water partition coefficient (Wildman–Crippen LogP) is 2.18. The van der Waals surface area contributed by atoms with Crippen LogP contribution in [0.1, 0.15) is 36.8 Å². The van der Waals surface area contributed by atoms with Crippen LogP contribution in [0.25, 0.3) is 0 Å². The zero-order valence-electron chi connectivity index (χ0n) is 9.05. The number of nitrogen functional groups attached to an aromatic ring is 1. The molecule has 0 radical (unpaired) electrons. The van der Waals surface area contributed by atoms with Gasteiger partial charge in [-0.2, -0.15) is 0 Å². The van der Waals surface area contributed by atoms with Gasteiger partial charge in [-0.25, -0.2) is 0 Å². The fourth-order valence-electron chi connectivity index (χ4n) is 3.24. The zero-order chi connectivity index (χ0) is 10.3. The molecule has 1 aliphatic carbocycles. The van der Waals surface area contributed by atoms with Crippen molar-refractivity contribution in [2.75, 3.05) is 12.3 Å². The molecular weight excluding hydrogens is 184 g/mol. The van der Waals surface area contributed by atoms with Crippen molar-refractivity contribution < 1.29 is 0 Å². The largest absolute Gasteiger partial charge is 0.399 e. The lowest BCUT2D eigenvalue weighted by atomic mass is 9.81. The Bertz CT molecular complexity index is 378. The van der Waals surface area contributed by atoms with E-state index in [1.54, 1.807) is 0 Å². The van der Waals surface area contributed by atoms with Gasteiger partial charge < -0.3 is 11.1 Å². The van der Waals surface area contributed by atoms with Crippen molar-refractivity contribution in [1.82, 2.24) is 5.32 Å². The summed E-state index contributed by atoms with van der Waals surface area (Å²) in [5, 5.41) is 3.73. The van der Waals surface area contributed by atoms with Crippen LogP contribution in [0.5, 0.6) is 0 Å². The first-order valence-corrected chi connectivity index (χ1v) is 5.94. The van der Waals surface area contributed by atoms with Gasteiger partial charge in [-0.1, -0.05) is 18.9 Å². The molecule has 1 fully saturated rings. The molecule has 1 aromatic carbocycles. The standard InChI is InChI=1S/C13H18N2/c14-11-3-4-12-10(9-11)5-8-15-13(12)6-1-2-7-13/h3-4,9,15H,1-2,5-8,14H2. The molecule has 3 rings (SSSR count). The second-order valence-corrected chi connectivity index (χ2v) is 4.88. The number of nitrogens with two attached hydrogens (primary N) is 1. The smallest absolute Gasteiger partial charge is 0.0437 e. The Hall–Kier alpha value is -1.02. The summed E-state index contributed by atoms with van der Waals surface area (Å²) in [6.07, 6.45) is 6.43. The van der Waals surface area contributed by atoms with E-state index >= 15 is 0 Å². The third-order valence-electron chi connectivity index (χ3n) is 3.96. The number of nitrogens with one attached hydrogen (secondary N) is 1. The molecule has 0 unspecified atom stereocenters. The molecule has 1 aliphatic heterocycles. The molecule has 2 heteroatoms. The average Bonchev–Trinajstić information content (AvgIpc) is 2.67. The summed E-state index contributed by atoms with van der Waals surface area (Å²) in [6, 6.07) is 6.45. The maximum absolute atomic E-state index is 5.85. The monoisotopic (exact) mass is 202 g/mol. The minimum Gasteiger partial charge on any atom is -0.399 e. The average molecular weight is 202 g/mol. The molecule has 1 spiro atoms. The first kappa shape index (κ1) is 9.22. The second-order valence-electron chi connectivity index (χ2n) is 4.88. The van der Waals surface area contributed by atoms with Crippen LogP contribution in [0.4, 0.5) is 5.69 Å². The van der Waals surface area contributed by atoms with Gasteiger partial charge in [0.25, 0.3) is 0 Å². The molecule has 1 heterocycles. The van der Waals surface area contributed by atoms with Gasteiger partial charge in [-0.3, -0.25) is 0 Å². The van der Waals surface area contributed by atoms with Crippen molar-refractivity contribution in [2.24, 2.45) is 0 Å². The summed E-state index contributed by atoms with van der Waals surface area (Å²) in [7, 11) is 0. The Kier molecular flexibility index (Phi) is 1.99. The molecule has 3 N–H and O–H groups in total. The molecule has 0 saturated heterocycles. The number of hydrogen-bond donors (Lipinski definition) is 2. The zero-order valence-corrected chi connectivity index (χ0v) is 9.05.